The standard InChI is InChI=1S/C17H25NO/c1-2-10-18-17(11-13-6-7-13)14-4-3-5-16(12-14)19-15-8-9-15/h3-5,12-13,15,17-18H,2,6-11H2,1H3. The van der Waals surface area contributed by atoms with E-state index < -0.39 is 0 Å². The average molecular weight is 259 g/mol. The second kappa shape index (κ2) is 5.96. The molecule has 0 aliphatic heterocycles. The fraction of sp³-hybridized carbons (Fsp3) is 0.647. The Bertz CT molecular complexity index is 409. The van der Waals surface area contributed by atoms with E-state index in [-0.39, 0.29) is 0 Å². The van der Waals surface area contributed by atoms with E-state index in [9.17, 15) is 0 Å². The molecule has 2 aliphatic rings. The van der Waals surface area contributed by atoms with Gasteiger partial charge in [0.2, 0.25) is 0 Å². The van der Waals surface area contributed by atoms with E-state index in [2.05, 4.69) is 36.5 Å². The molecule has 0 saturated heterocycles. The van der Waals surface area contributed by atoms with Crippen LogP contribution in [0.1, 0.15) is 57.1 Å². The van der Waals surface area contributed by atoms with Gasteiger partial charge in [-0.05, 0) is 55.8 Å². The van der Waals surface area contributed by atoms with Crippen LogP contribution in [0.15, 0.2) is 24.3 Å². The van der Waals surface area contributed by atoms with E-state index in [0.29, 0.717) is 12.1 Å². The number of hydrogen-bond donors (Lipinski definition) is 1. The summed E-state index contributed by atoms with van der Waals surface area (Å²) in [5, 5.41) is 3.70. The number of ether oxygens (including phenoxy) is 1. The van der Waals surface area contributed by atoms with Crippen molar-refractivity contribution in [2.24, 2.45) is 5.92 Å². The van der Waals surface area contributed by atoms with Gasteiger partial charge in [0.1, 0.15) is 5.75 Å². The lowest BCUT2D eigenvalue weighted by Gasteiger charge is -2.19. The third-order valence-electron chi connectivity index (χ3n) is 3.99. The number of nitrogens with one attached hydrogen (secondary N) is 1. The van der Waals surface area contributed by atoms with Crippen molar-refractivity contribution >= 4 is 0 Å². The molecule has 1 aromatic carbocycles. The van der Waals surface area contributed by atoms with E-state index in [1.54, 1.807) is 0 Å². The van der Waals surface area contributed by atoms with Gasteiger partial charge >= 0.3 is 0 Å². The zero-order chi connectivity index (χ0) is 13.1. The number of rotatable bonds is 8. The second-order valence-electron chi connectivity index (χ2n) is 6.08. The molecule has 0 aromatic heterocycles. The molecule has 0 spiro atoms. The normalized spacial score (nSPS) is 20.3. The first kappa shape index (κ1) is 13.0. The van der Waals surface area contributed by atoms with E-state index in [1.165, 1.54) is 44.1 Å². The first-order valence-electron chi connectivity index (χ1n) is 7.85. The Hall–Kier alpha value is -1.02. The summed E-state index contributed by atoms with van der Waals surface area (Å²) in [5.41, 5.74) is 1.40. The summed E-state index contributed by atoms with van der Waals surface area (Å²) in [5.74, 6) is 2.00. The van der Waals surface area contributed by atoms with Crippen LogP contribution >= 0.6 is 0 Å². The Morgan fingerprint density at radius 1 is 1.26 bits per heavy atom. The Morgan fingerprint density at radius 2 is 2.11 bits per heavy atom. The highest BCUT2D eigenvalue weighted by molar-refractivity contribution is 5.31. The van der Waals surface area contributed by atoms with Crippen molar-refractivity contribution in [1.82, 2.24) is 5.32 Å². The Kier molecular flexibility index (Phi) is 4.07. The van der Waals surface area contributed by atoms with Crippen LogP contribution in [0.5, 0.6) is 5.75 Å². The van der Waals surface area contributed by atoms with Crippen molar-refractivity contribution in [3.8, 4) is 5.75 Å². The van der Waals surface area contributed by atoms with Gasteiger partial charge in [-0.15, -0.1) is 0 Å². The van der Waals surface area contributed by atoms with Gasteiger partial charge in [-0.2, -0.15) is 0 Å². The largest absolute Gasteiger partial charge is 0.490 e. The molecule has 0 radical (unpaired) electrons. The fourth-order valence-corrected chi connectivity index (χ4v) is 2.53. The molecule has 2 heteroatoms. The fourth-order valence-electron chi connectivity index (χ4n) is 2.53. The lowest BCUT2D eigenvalue weighted by atomic mass is 10.0. The Morgan fingerprint density at radius 3 is 2.79 bits per heavy atom. The summed E-state index contributed by atoms with van der Waals surface area (Å²) in [6.07, 6.45) is 8.26. The SMILES string of the molecule is CCCNC(CC1CC1)c1cccc(OC2CC2)c1. The Labute approximate surface area is 116 Å². The quantitative estimate of drug-likeness (QED) is 0.760. The van der Waals surface area contributed by atoms with E-state index in [0.717, 1.165) is 18.2 Å². The summed E-state index contributed by atoms with van der Waals surface area (Å²) >= 11 is 0. The molecular formula is C17H25NO. The zero-order valence-electron chi connectivity index (χ0n) is 11.9. The maximum Gasteiger partial charge on any atom is 0.120 e. The van der Waals surface area contributed by atoms with Gasteiger partial charge in [0.15, 0.2) is 0 Å². The van der Waals surface area contributed by atoms with Crippen molar-refractivity contribution in [2.45, 2.75) is 57.6 Å². The molecule has 2 saturated carbocycles. The molecule has 1 atom stereocenters. The van der Waals surface area contributed by atoms with Crippen LogP contribution in [-0.2, 0) is 0 Å². The van der Waals surface area contributed by atoms with Crippen LogP contribution in [0.3, 0.4) is 0 Å². The van der Waals surface area contributed by atoms with Crippen LogP contribution in [-0.4, -0.2) is 12.6 Å². The van der Waals surface area contributed by atoms with Crippen molar-refractivity contribution in [2.75, 3.05) is 6.54 Å². The first-order valence-corrected chi connectivity index (χ1v) is 7.85. The minimum absolute atomic E-state index is 0.487. The summed E-state index contributed by atoms with van der Waals surface area (Å²) in [6.45, 7) is 3.33. The predicted molar refractivity (Wildman–Crippen MR) is 78.5 cm³/mol. The molecule has 2 fully saturated rings. The van der Waals surface area contributed by atoms with Crippen LogP contribution < -0.4 is 10.1 Å². The van der Waals surface area contributed by atoms with Gasteiger partial charge < -0.3 is 10.1 Å². The molecular weight excluding hydrogens is 234 g/mol. The Balaban J connectivity index is 1.67. The third kappa shape index (κ3) is 3.97. The second-order valence-corrected chi connectivity index (χ2v) is 6.08. The van der Waals surface area contributed by atoms with Crippen molar-refractivity contribution in [3.63, 3.8) is 0 Å². The van der Waals surface area contributed by atoms with Crippen molar-refractivity contribution in [3.05, 3.63) is 29.8 Å². The van der Waals surface area contributed by atoms with Gasteiger partial charge in [-0.25, -0.2) is 0 Å². The average Bonchev–Trinajstić information content (AvgIpc) is 3.30. The molecule has 1 unspecified atom stereocenters. The highest BCUT2D eigenvalue weighted by Gasteiger charge is 2.27. The highest BCUT2D eigenvalue weighted by atomic mass is 16.5. The minimum atomic E-state index is 0.487. The smallest absolute Gasteiger partial charge is 0.120 e. The summed E-state index contributed by atoms with van der Waals surface area (Å²) in [7, 11) is 0. The molecule has 104 valence electrons. The molecule has 0 amide bonds. The van der Waals surface area contributed by atoms with E-state index in [1.807, 2.05) is 0 Å². The molecule has 2 nitrogen and oxygen atoms in total. The van der Waals surface area contributed by atoms with Gasteiger partial charge in [0.05, 0.1) is 6.10 Å². The first-order chi connectivity index (χ1) is 9.35. The molecule has 0 bridgehead atoms. The summed E-state index contributed by atoms with van der Waals surface area (Å²) in [6, 6.07) is 9.23. The van der Waals surface area contributed by atoms with Crippen molar-refractivity contribution in [1.29, 1.82) is 0 Å². The molecule has 1 aromatic rings. The predicted octanol–water partition coefficient (Wildman–Crippen LogP) is 4.07. The summed E-state index contributed by atoms with van der Waals surface area (Å²) < 4.78 is 5.91. The number of hydrogen-bond acceptors (Lipinski definition) is 2. The third-order valence-corrected chi connectivity index (χ3v) is 3.99. The van der Waals surface area contributed by atoms with Gasteiger partial charge in [0.25, 0.3) is 0 Å². The molecule has 1 N–H and O–H groups in total. The minimum Gasteiger partial charge on any atom is -0.490 e. The topological polar surface area (TPSA) is 21.3 Å². The molecule has 0 heterocycles. The maximum atomic E-state index is 5.91. The zero-order valence-corrected chi connectivity index (χ0v) is 11.9. The summed E-state index contributed by atoms with van der Waals surface area (Å²) in [4.78, 5) is 0. The lowest BCUT2D eigenvalue weighted by Crippen LogP contribution is -2.22. The maximum absolute atomic E-state index is 5.91. The lowest BCUT2D eigenvalue weighted by molar-refractivity contribution is 0.302. The van der Waals surface area contributed by atoms with Crippen LogP contribution in [0.4, 0.5) is 0 Å². The van der Waals surface area contributed by atoms with Crippen LogP contribution in [0.25, 0.3) is 0 Å². The monoisotopic (exact) mass is 259 g/mol. The van der Waals surface area contributed by atoms with Gasteiger partial charge in [0, 0.05) is 6.04 Å². The van der Waals surface area contributed by atoms with Crippen LogP contribution in [0, 0.1) is 5.92 Å². The van der Waals surface area contributed by atoms with Gasteiger partial charge in [-0.3, -0.25) is 0 Å². The number of benzene rings is 1. The van der Waals surface area contributed by atoms with E-state index in [4.69, 9.17) is 4.74 Å². The highest BCUT2D eigenvalue weighted by Crippen LogP contribution is 2.38. The molecule has 3 rings (SSSR count). The molecule has 2 aliphatic carbocycles. The van der Waals surface area contributed by atoms with Gasteiger partial charge in [-0.1, -0.05) is 31.9 Å². The van der Waals surface area contributed by atoms with E-state index >= 15 is 0 Å². The molecule has 19 heavy (non-hydrogen) atoms. The van der Waals surface area contributed by atoms with Crippen LogP contribution in [0.2, 0.25) is 0 Å². The van der Waals surface area contributed by atoms with Crippen molar-refractivity contribution < 1.29 is 4.74 Å².